The minimum atomic E-state index is -0.212. The second-order valence-corrected chi connectivity index (χ2v) is 5.05. The first-order valence-electron chi connectivity index (χ1n) is 5.64. The number of nitrogens with zero attached hydrogens (tertiary/aromatic N) is 2. The second kappa shape index (κ2) is 5.60. The van der Waals surface area contributed by atoms with Gasteiger partial charge in [-0.2, -0.15) is 0 Å². The number of hydrogen-bond acceptors (Lipinski definition) is 3. The van der Waals surface area contributed by atoms with E-state index in [4.69, 9.17) is 0 Å². The fourth-order valence-electron chi connectivity index (χ4n) is 1.58. The standard InChI is InChI=1S/C13H13FIN3/c1-3-16-13-11(15)7-17-12(18-13)9-4-5-10(14)8(2)6-9/h4-7H,3H2,1-2H3,(H,16,17,18). The Morgan fingerprint density at radius 2 is 2.17 bits per heavy atom. The average molecular weight is 357 g/mol. The summed E-state index contributed by atoms with van der Waals surface area (Å²) in [7, 11) is 0. The van der Waals surface area contributed by atoms with Crippen LogP contribution in [0.3, 0.4) is 0 Å². The Hall–Kier alpha value is -1.24. The highest BCUT2D eigenvalue weighted by Gasteiger charge is 2.07. The second-order valence-electron chi connectivity index (χ2n) is 3.88. The summed E-state index contributed by atoms with van der Waals surface area (Å²) >= 11 is 2.18. The Labute approximate surface area is 119 Å². The predicted octanol–water partition coefficient (Wildman–Crippen LogP) is 3.63. The van der Waals surface area contributed by atoms with Crippen LogP contribution in [-0.4, -0.2) is 16.5 Å². The van der Waals surface area contributed by atoms with E-state index >= 15 is 0 Å². The molecule has 0 saturated heterocycles. The Kier molecular flexibility index (Phi) is 4.11. The summed E-state index contributed by atoms with van der Waals surface area (Å²) in [6, 6.07) is 4.90. The van der Waals surface area contributed by atoms with Crippen LogP contribution in [0.5, 0.6) is 0 Å². The SMILES string of the molecule is CCNc1nc(-c2ccc(F)c(C)c2)ncc1I. The third-order valence-electron chi connectivity index (χ3n) is 2.50. The number of benzene rings is 1. The Morgan fingerprint density at radius 1 is 1.39 bits per heavy atom. The maximum atomic E-state index is 13.2. The Balaban J connectivity index is 2.44. The number of halogens is 2. The molecule has 94 valence electrons. The molecule has 0 aliphatic carbocycles. The van der Waals surface area contributed by atoms with Gasteiger partial charge in [0.2, 0.25) is 0 Å². The van der Waals surface area contributed by atoms with Gasteiger partial charge < -0.3 is 5.32 Å². The van der Waals surface area contributed by atoms with E-state index in [0.29, 0.717) is 11.4 Å². The molecule has 0 aliphatic heterocycles. The molecule has 0 atom stereocenters. The van der Waals surface area contributed by atoms with Crippen LogP contribution in [0.1, 0.15) is 12.5 Å². The van der Waals surface area contributed by atoms with Crippen LogP contribution in [-0.2, 0) is 0 Å². The van der Waals surface area contributed by atoms with Crippen molar-refractivity contribution in [3.63, 3.8) is 0 Å². The van der Waals surface area contributed by atoms with Gasteiger partial charge in [-0.15, -0.1) is 0 Å². The number of hydrogen-bond donors (Lipinski definition) is 1. The third-order valence-corrected chi connectivity index (χ3v) is 3.29. The van der Waals surface area contributed by atoms with Crippen LogP contribution < -0.4 is 5.32 Å². The van der Waals surface area contributed by atoms with E-state index in [1.54, 1.807) is 25.3 Å². The predicted molar refractivity (Wildman–Crippen MR) is 79.0 cm³/mol. The molecule has 1 heterocycles. The van der Waals surface area contributed by atoms with Crippen LogP contribution in [0.25, 0.3) is 11.4 Å². The molecule has 0 amide bonds. The lowest BCUT2D eigenvalue weighted by Gasteiger charge is -2.08. The van der Waals surface area contributed by atoms with E-state index in [0.717, 1.165) is 21.5 Å². The zero-order valence-electron chi connectivity index (χ0n) is 10.2. The van der Waals surface area contributed by atoms with Crippen molar-refractivity contribution in [2.24, 2.45) is 0 Å². The van der Waals surface area contributed by atoms with E-state index in [1.807, 2.05) is 6.92 Å². The van der Waals surface area contributed by atoms with Crippen LogP contribution in [0.2, 0.25) is 0 Å². The molecule has 0 fully saturated rings. The van der Waals surface area contributed by atoms with Gasteiger partial charge in [0.15, 0.2) is 5.82 Å². The summed E-state index contributed by atoms with van der Waals surface area (Å²) in [6.07, 6.45) is 1.76. The summed E-state index contributed by atoms with van der Waals surface area (Å²) in [5.74, 6) is 1.20. The van der Waals surface area contributed by atoms with Gasteiger partial charge in [-0.3, -0.25) is 0 Å². The smallest absolute Gasteiger partial charge is 0.161 e. The first-order chi connectivity index (χ1) is 8.61. The van der Waals surface area contributed by atoms with Gasteiger partial charge in [-0.1, -0.05) is 0 Å². The van der Waals surface area contributed by atoms with Gasteiger partial charge >= 0.3 is 0 Å². The van der Waals surface area contributed by atoms with Crippen molar-refractivity contribution in [3.05, 3.63) is 39.3 Å². The molecule has 2 rings (SSSR count). The lowest BCUT2D eigenvalue weighted by molar-refractivity contribution is 0.618. The van der Waals surface area contributed by atoms with Crippen molar-refractivity contribution in [1.82, 2.24) is 9.97 Å². The Morgan fingerprint density at radius 3 is 2.83 bits per heavy atom. The minimum absolute atomic E-state index is 0.212. The summed E-state index contributed by atoms with van der Waals surface area (Å²) < 4.78 is 14.2. The number of rotatable bonds is 3. The van der Waals surface area contributed by atoms with Gasteiger partial charge in [-0.05, 0) is 60.2 Å². The number of anilines is 1. The minimum Gasteiger partial charge on any atom is -0.369 e. The summed E-state index contributed by atoms with van der Waals surface area (Å²) in [5.41, 5.74) is 1.42. The lowest BCUT2D eigenvalue weighted by Crippen LogP contribution is -2.03. The summed E-state index contributed by atoms with van der Waals surface area (Å²) in [5, 5.41) is 3.18. The van der Waals surface area contributed by atoms with Crippen molar-refractivity contribution in [1.29, 1.82) is 0 Å². The summed E-state index contributed by atoms with van der Waals surface area (Å²) in [6.45, 7) is 4.55. The highest BCUT2D eigenvalue weighted by molar-refractivity contribution is 14.1. The molecule has 0 bridgehead atoms. The number of aryl methyl sites for hydroxylation is 1. The molecule has 5 heteroatoms. The van der Waals surface area contributed by atoms with Crippen molar-refractivity contribution >= 4 is 28.4 Å². The molecule has 3 nitrogen and oxygen atoms in total. The molecule has 1 aromatic carbocycles. The van der Waals surface area contributed by atoms with Crippen LogP contribution >= 0.6 is 22.6 Å². The van der Waals surface area contributed by atoms with Crippen LogP contribution in [0.4, 0.5) is 10.2 Å². The molecular weight excluding hydrogens is 344 g/mol. The van der Waals surface area contributed by atoms with Crippen molar-refractivity contribution in [2.45, 2.75) is 13.8 Å². The van der Waals surface area contributed by atoms with Crippen LogP contribution in [0, 0.1) is 16.3 Å². The van der Waals surface area contributed by atoms with E-state index < -0.39 is 0 Å². The molecule has 0 unspecified atom stereocenters. The molecule has 0 radical (unpaired) electrons. The first-order valence-corrected chi connectivity index (χ1v) is 6.72. The third kappa shape index (κ3) is 2.77. The monoisotopic (exact) mass is 357 g/mol. The maximum Gasteiger partial charge on any atom is 0.161 e. The zero-order valence-corrected chi connectivity index (χ0v) is 12.3. The maximum absolute atomic E-state index is 13.2. The van der Waals surface area contributed by atoms with Gasteiger partial charge in [0, 0.05) is 18.3 Å². The van der Waals surface area contributed by atoms with E-state index in [1.165, 1.54) is 6.07 Å². The van der Waals surface area contributed by atoms with Gasteiger partial charge in [0.25, 0.3) is 0 Å². The van der Waals surface area contributed by atoms with Crippen molar-refractivity contribution in [3.8, 4) is 11.4 Å². The highest BCUT2D eigenvalue weighted by atomic mass is 127. The topological polar surface area (TPSA) is 37.8 Å². The van der Waals surface area contributed by atoms with Crippen molar-refractivity contribution < 1.29 is 4.39 Å². The van der Waals surface area contributed by atoms with Gasteiger partial charge in [0.1, 0.15) is 11.6 Å². The van der Waals surface area contributed by atoms with E-state index in [-0.39, 0.29) is 5.82 Å². The molecule has 1 N–H and O–H groups in total. The average Bonchev–Trinajstić information content (AvgIpc) is 2.36. The quantitative estimate of drug-likeness (QED) is 0.853. The molecular formula is C13H13FIN3. The fourth-order valence-corrected chi connectivity index (χ4v) is 2.03. The first kappa shape index (κ1) is 13.2. The number of nitrogens with one attached hydrogen (secondary N) is 1. The highest BCUT2D eigenvalue weighted by Crippen LogP contribution is 2.22. The van der Waals surface area contributed by atoms with Gasteiger partial charge in [0.05, 0.1) is 3.57 Å². The Bertz CT molecular complexity index is 572. The van der Waals surface area contributed by atoms with Crippen LogP contribution in [0.15, 0.2) is 24.4 Å². The van der Waals surface area contributed by atoms with E-state index in [9.17, 15) is 4.39 Å². The largest absolute Gasteiger partial charge is 0.369 e. The van der Waals surface area contributed by atoms with Gasteiger partial charge in [-0.25, -0.2) is 14.4 Å². The molecule has 0 spiro atoms. The van der Waals surface area contributed by atoms with Crippen molar-refractivity contribution in [2.75, 3.05) is 11.9 Å². The molecule has 1 aromatic heterocycles. The zero-order chi connectivity index (χ0) is 13.1. The normalized spacial score (nSPS) is 10.4. The summed E-state index contributed by atoms with van der Waals surface area (Å²) in [4.78, 5) is 8.73. The molecule has 0 aliphatic rings. The lowest BCUT2D eigenvalue weighted by atomic mass is 10.1. The number of aromatic nitrogens is 2. The molecule has 0 saturated carbocycles. The molecule has 2 aromatic rings. The molecule has 18 heavy (non-hydrogen) atoms. The fraction of sp³-hybridized carbons (Fsp3) is 0.231. The van der Waals surface area contributed by atoms with E-state index in [2.05, 4.69) is 37.9 Å².